The van der Waals surface area contributed by atoms with Crippen LogP contribution >= 0.6 is 11.6 Å². The molecule has 0 aliphatic heterocycles. The fourth-order valence-electron chi connectivity index (χ4n) is 4.45. The lowest BCUT2D eigenvalue weighted by molar-refractivity contribution is 0.0656. The summed E-state index contributed by atoms with van der Waals surface area (Å²) >= 11 is 6.25. The van der Waals surface area contributed by atoms with Crippen molar-refractivity contribution in [3.8, 4) is 0 Å². The van der Waals surface area contributed by atoms with E-state index >= 15 is 0 Å². The molecule has 0 aliphatic carbocycles. The number of amides is 1. The number of nitrogens with zero attached hydrogens (tertiary/aromatic N) is 3. The number of fused-ring (bicyclic) bond motifs is 1. The van der Waals surface area contributed by atoms with E-state index in [4.69, 9.17) is 22.3 Å². The molecule has 0 saturated heterocycles. The first-order valence-electron chi connectivity index (χ1n) is 12.2. The molecule has 4 rings (SSSR count). The van der Waals surface area contributed by atoms with E-state index in [-0.39, 0.29) is 11.5 Å². The van der Waals surface area contributed by atoms with Crippen LogP contribution < -0.4 is 11.3 Å². The maximum absolute atomic E-state index is 13.8. The number of halogens is 1. The average Bonchev–Trinajstić information content (AvgIpc) is 2.89. The van der Waals surface area contributed by atoms with Crippen molar-refractivity contribution in [3.63, 3.8) is 0 Å². The summed E-state index contributed by atoms with van der Waals surface area (Å²) < 4.78 is 1.69. The fraction of sp³-hybridized carbons (Fsp3) is 0.276. The van der Waals surface area contributed by atoms with Crippen molar-refractivity contribution >= 4 is 28.4 Å². The maximum atomic E-state index is 13.8. The third-order valence-electron chi connectivity index (χ3n) is 6.35. The quantitative estimate of drug-likeness (QED) is 0.334. The lowest BCUT2D eigenvalue weighted by Crippen LogP contribution is -2.40. The zero-order valence-corrected chi connectivity index (χ0v) is 21.4. The van der Waals surface area contributed by atoms with Crippen LogP contribution in [-0.4, -0.2) is 33.4 Å². The number of carbonyl (C=O) groups excluding carboxylic acids is 1. The molecular weight excluding hydrogens is 472 g/mol. The summed E-state index contributed by atoms with van der Waals surface area (Å²) in [6, 6.07) is 22.0. The number of hydrogen-bond donors (Lipinski definition) is 1. The molecule has 4 aromatic rings. The Morgan fingerprint density at radius 3 is 2.47 bits per heavy atom. The Hall–Kier alpha value is -3.48. The second-order valence-corrected chi connectivity index (χ2v) is 9.38. The molecule has 1 aromatic heterocycles. The molecule has 2 N–H and O–H groups in total. The van der Waals surface area contributed by atoms with Crippen molar-refractivity contribution in [3.05, 3.63) is 111 Å². The van der Waals surface area contributed by atoms with Crippen molar-refractivity contribution in [2.75, 3.05) is 13.1 Å². The minimum Gasteiger partial charge on any atom is -0.330 e. The average molecular weight is 503 g/mol. The van der Waals surface area contributed by atoms with Crippen molar-refractivity contribution in [1.82, 2.24) is 14.5 Å². The maximum Gasteiger partial charge on any atom is 0.261 e. The number of nitrogens with two attached hydrogens (primary N) is 1. The summed E-state index contributed by atoms with van der Waals surface area (Å²) in [6.45, 7) is 5.24. The molecule has 0 spiro atoms. The van der Waals surface area contributed by atoms with Gasteiger partial charge in [0.2, 0.25) is 0 Å². The molecule has 0 saturated carbocycles. The molecule has 3 aromatic carbocycles. The summed E-state index contributed by atoms with van der Waals surface area (Å²) in [4.78, 5) is 34.3. The second kappa shape index (κ2) is 11.5. The van der Waals surface area contributed by atoms with Crippen molar-refractivity contribution < 1.29 is 4.79 Å². The topological polar surface area (TPSA) is 81.2 Å². The highest BCUT2D eigenvalue weighted by Gasteiger charge is 2.29. The van der Waals surface area contributed by atoms with Gasteiger partial charge in [0, 0.05) is 17.1 Å². The molecule has 1 heterocycles. The van der Waals surface area contributed by atoms with Crippen LogP contribution in [0.25, 0.3) is 10.9 Å². The number of benzene rings is 3. The van der Waals surface area contributed by atoms with Gasteiger partial charge in [0.05, 0.1) is 23.5 Å². The van der Waals surface area contributed by atoms with Crippen LogP contribution in [0.1, 0.15) is 53.1 Å². The van der Waals surface area contributed by atoms with E-state index in [9.17, 15) is 9.59 Å². The Morgan fingerprint density at radius 2 is 1.81 bits per heavy atom. The minimum atomic E-state index is -0.426. The van der Waals surface area contributed by atoms with Crippen LogP contribution in [0.2, 0.25) is 5.02 Å². The third-order valence-corrected chi connectivity index (χ3v) is 6.59. The van der Waals surface area contributed by atoms with Crippen LogP contribution in [0.15, 0.2) is 77.6 Å². The molecule has 0 bridgehead atoms. The van der Waals surface area contributed by atoms with Gasteiger partial charge >= 0.3 is 0 Å². The van der Waals surface area contributed by atoms with Crippen molar-refractivity contribution in [1.29, 1.82) is 0 Å². The third kappa shape index (κ3) is 5.50. The van der Waals surface area contributed by atoms with Gasteiger partial charge < -0.3 is 10.6 Å². The number of aryl methyl sites for hydroxylation is 1. The lowest BCUT2D eigenvalue weighted by Gasteiger charge is -2.32. The molecule has 36 heavy (non-hydrogen) atoms. The largest absolute Gasteiger partial charge is 0.330 e. The van der Waals surface area contributed by atoms with Gasteiger partial charge in [0.1, 0.15) is 5.82 Å². The van der Waals surface area contributed by atoms with E-state index in [2.05, 4.69) is 0 Å². The first-order chi connectivity index (χ1) is 17.4. The second-order valence-electron chi connectivity index (χ2n) is 8.94. The normalized spacial score (nSPS) is 12.0. The van der Waals surface area contributed by atoms with Gasteiger partial charge in [-0.3, -0.25) is 14.2 Å². The Labute approximate surface area is 216 Å². The first kappa shape index (κ1) is 25.6. The van der Waals surface area contributed by atoms with Crippen LogP contribution in [0.4, 0.5) is 0 Å². The Morgan fingerprint density at radius 1 is 1.08 bits per heavy atom. The summed E-state index contributed by atoms with van der Waals surface area (Å²) in [7, 11) is 0. The zero-order chi connectivity index (χ0) is 25.7. The number of hydrogen-bond acceptors (Lipinski definition) is 4. The molecule has 7 heteroatoms. The van der Waals surface area contributed by atoms with Gasteiger partial charge in [-0.05, 0) is 62.2 Å². The van der Waals surface area contributed by atoms with Gasteiger partial charge in [-0.2, -0.15) is 0 Å². The SMILES string of the molecule is CCC(c1nc2cc(Cl)ccc2c(=O)n1Cc1ccccc1)N(CCCN)C(=O)c1ccc(C)cc1. The van der Waals surface area contributed by atoms with Gasteiger partial charge in [-0.15, -0.1) is 0 Å². The minimum absolute atomic E-state index is 0.109. The van der Waals surface area contributed by atoms with Gasteiger partial charge in [-0.25, -0.2) is 4.98 Å². The van der Waals surface area contributed by atoms with E-state index in [1.54, 1.807) is 27.7 Å². The molecule has 1 amide bonds. The Kier molecular flexibility index (Phi) is 8.18. The zero-order valence-electron chi connectivity index (χ0n) is 20.7. The van der Waals surface area contributed by atoms with E-state index in [0.29, 0.717) is 59.8 Å². The molecule has 0 fully saturated rings. The highest BCUT2D eigenvalue weighted by molar-refractivity contribution is 6.31. The predicted octanol–water partition coefficient (Wildman–Crippen LogP) is 5.35. The monoisotopic (exact) mass is 502 g/mol. The smallest absolute Gasteiger partial charge is 0.261 e. The standard InChI is InChI=1S/C29H31ClN4O2/c1-3-26(33(17-7-16-31)28(35)22-12-10-20(2)11-13-22)27-32-25-18-23(30)14-15-24(25)29(36)34(27)19-21-8-5-4-6-9-21/h4-6,8-15,18,26H,3,7,16-17,19,31H2,1-2H3. The highest BCUT2D eigenvalue weighted by Crippen LogP contribution is 2.27. The van der Waals surface area contributed by atoms with Gasteiger partial charge in [-0.1, -0.05) is 66.6 Å². The van der Waals surface area contributed by atoms with E-state index in [1.165, 1.54) is 0 Å². The molecule has 0 aliphatic rings. The van der Waals surface area contributed by atoms with Crippen LogP contribution in [0, 0.1) is 6.92 Å². The van der Waals surface area contributed by atoms with E-state index in [1.807, 2.05) is 68.4 Å². The lowest BCUT2D eigenvalue weighted by atomic mass is 10.1. The molecule has 6 nitrogen and oxygen atoms in total. The Balaban J connectivity index is 1.89. The van der Waals surface area contributed by atoms with Crippen LogP contribution in [0.3, 0.4) is 0 Å². The van der Waals surface area contributed by atoms with Crippen molar-refractivity contribution in [2.45, 2.75) is 39.3 Å². The van der Waals surface area contributed by atoms with Gasteiger partial charge in [0.25, 0.3) is 11.5 Å². The summed E-state index contributed by atoms with van der Waals surface area (Å²) in [6.07, 6.45) is 1.21. The molecule has 0 radical (unpaired) electrons. The summed E-state index contributed by atoms with van der Waals surface area (Å²) in [5, 5.41) is 0.997. The molecule has 1 atom stereocenters. The van der Waals surface area contributed by atoms with Crippen molar-refractivity contribution in [2.24, 2.45) is 5.73 Å². The Bertz CT molecular complexity index is 1400. The molecule has 186 valence electrons. The van der Waals surface area contributed by atoms with E-state index < -0.39 is 6.04 Å². The highest BCUT2D eigenvalue weighted by atomic mass is 35.5. The number of carbonyl (C=O) groups is 1. The van der Waals surface area contributed by atoms with Crippen LogP contribution in [-0.2, 0) is 6.54 Å². The molecule has 1 unspecified atom stereocenters. The van der Waals surface area contributed by atoms with Crippen LogP contribution in [0.5, 0.6) is 0 Å². The summed E-state index contributed by atoms with van der Waals surface area (Å²) in [5.41, 5.74) is 8.85. The predicted molar refractivity (Wildman–Crippen MR) is 145 cm³/mol. The fourth-order valence-corrected chi connectivity index (χ4v) is 4.62. The molecular formula is C29H31ClN4O2. The first-order valence-corrected chi connectivity index (χ1v) is 12.6. The van der Waals surface area contributed by atoms with Gasteiger partial charge in [0.15, 0.2) is 0 Å². The number of aromatic nitrogens is 2. The van der Waals surface area contributed by atoms with E-state index in [0.717, 1.165) is 11.1 Å². The number of rotatable bonds is 9. The summed E-state index contributed by atoms with van der Waals surface area (Å²) in [5.74, 6) is 0.431.